The SMILES string of the molecule is CNc1c(NC)n(O)c2c1oc[n+]2[O-]. The zero-order chi connectivity index (χ0) is 10.3. The molecular formula is C7H10N4O3. The fourth-order valence-corrected chi connectivity index (χ4v) is 1.45. The second-order valence-corrected chi connectivity index (χ2v) is 2.74. The van der Waals surface area contributed by atoms with Crippen molar-refractivity contribution in [1.82, 2.24) is 4.73 Å². The van der Waals surface area contributed by atoms with Gasteiger partial charge in [-0.25, -0.2) is 0 Å². The summed E-state index contributed by atoms with van der Waals surface area (Å²) in [6, 6.07) is 0. The van der Waals surface area contributed by atoms with Crippen LogP contribution >= 0.6 is 0 Å². The first-order valence-corrected chi connectivity index (χ1v) is 4.00. The molecule has 7 heteroatoms. The van der Waals surface area contributed by atoms with Crippen LogP contribution < -0.4 is 15.4 Å². The van der Waals surface area contributed by atoms with E-state index in [1.54, 1.807) is 14.1 Å². The van der Waals surface area contributed by atoms with Crippen LogP contribution in [-0.4, -0.2) is 24.0 Å². The molecule has 2 aromatic heterocycles. The van der Waals surface area contributed by atoms with Crippen LogP contribution in [0, 0.1) is 5.21 Å². The predicted molar refractivity (Wildman–Crippen MR) is 49.4 cm³/mol. The maximum absolute atomic E-state index is 11.2. The zero-order valence-electron chi connectivity index (χ0n) is 7.74. The Morgan fingerprint density at radius 1 is 1.50 bits per heavy atom. The molecule has 14 heavy (non-hydrogen) atoms. The van der Waals surface area contributed by atoms with Gasteiger partial charge in [0.2, 0.25) is 0 Å². The van der Waals surface area contributed by atoms with Gasteiger partial charge in [-0.1, -0.05) is 0 Å². The third kappa shape index (κ3) is 0.832. The molecule has 0 aromatic carbocycles. The topological polar surface area (TPSA) is 89.3 Å². The molecule has 0 radical (unpaired) electrons. The van der Waals surface area contributed by atoms with Gasteiger partial charge in [-0.05, 0) is 4.73 Å². The Kier molecular flexibility index (Phi) is 1.66. The molecule has 0 atom stereocenters. The van der Waals surface area contributed by atoms with Crippen molar-refractivity contribution < 1.29 is 14.4 Å². The first-order chi connectivity index (χ1) is 6.70. The summed E-state index contributed by atoms with van der Waals surface area (Å²) in [4.78, 5) is 0. The highest BCUT2D eigenvalue weighted by Crippen LogP contribution is 2.31. The van der Waals surface area contributed by atoms with Gasteiger partial charge in [0.15, 0.2) is 5.69 Å². The van der Waals surface area contributed by atoms with Gasteiger partial charge in [-0.3, -0.25) is 0 Å². The number of aromatic nitrogens is 2. The largest absolute Gasteiger partial charge is 0.708 e. The Labute approximate surface area is 79.1 Å². The zero-order valence-corrected chi connectivity index (χ0v) is 7.74. The quantitative estimate of drug-likeness (QED) is 0.364. The molecule has 0 fully saturated rings. The van der Waals surface area contributed by atoms with Gasteiger partial charge in [0.05, 0.1) is 0 Å². The van der Waals surface area contributed by atoms with Gasteiger partial charge in [0, 0.05) is 14.1 Å². The van der Waals surface area contributed by atoms with Crippen LogP contribution in [0.4, 0.5) is 11.5 Å². The lowest BCUT2D eigenvalue weighted by Crippen LogP contribution is -2.25. The summed E-state index contributed by atoms with van der Waals surface area (Å²) in [7, 11) is 3.31. The lowest BCUT2D eigenvalue weighted by molar-refractivity contribution is -0.587. The van der Waals surface area contributed by atoms with Crippen molar-refractivity contribution >= 4 is 22.7 Å². The number of hydrogen-bond acceptors (Lipinski definition) is 5. The molecular weight excluding hydrogens is 188 g/mol. The van der Waals surface area contributed by atoms with E-state index in [4.69, 9.17) is 4.42 Å². The highest BCUT2D eigenvalue weighted by molar-refractivity contribution is 5.92. The number of nitrogens with one attached hydrogen (secondary N) is 2. The Morgan fingerprint density at radius 2 is 2.21 bits per heavy atom. The van der Waals surface area contributed by atoms with E-state index in [0.717, 1.165) is 11.1 Å². The molecule has 0 aliphatic rings. The van der Waals surface area contributed by atoms with Gasteiger partial charge >= 0.3 is 5.65 Å². The van der Waals surface area contributed by atoms with Crippen molar-refractivity contribution in [3.05, 3.63) is 11.6 Å². The number of oxazole rings is 1. The van der Waals surface area contributed by atoms with Crippen LogP contribution in [0.2, 0.25) is 0 Å². The number of nitrogens with zero attached hydrogens (tertiary/aromatic N) is 2. The third-order valence-corrected chi connectivity index (χ3v) is 2.04. The number of anilines is 2. The monoisotopic (exact) mass is 198 g/mol. The highest BCUT2D eigenvalue weighted by atomic mass is 16.5. The highest BCUT2D eigenvalue weighted by Gasteiger charge is 2.27. The molecule has 0 spiro atoms. The van der Waals surface area contributed by atoms with Crippen molar-refractivity contribution in [2.24, 2.45) is 0 Å². The minimum Gasteiger partial charge on any atom is -0.708 e. The second kappa shape index (κ2) is 2.72. The van der Waals surface area contributed by atoms with E-state index < -0.39 is 0 Å². The molecule has 0 saturated heterocycles. The smallest absolute Gasteiger partial charge is 0.374 e. The van der Waals surface area contributed by atoms with E-state index in [1.165, 1.54) is 0 Å². The molecule has 2 heterocycles. The maximum Gasteiger partial charge on any atom is 0.374 e. The Bertz CT molecular complexity index is 473. The molecule has 0 amide bonds. The normalized spacial score (nSPS) is 10.7. The average Bonchev–Trinajstić information content (AvgIpc) is 2.66. The summed E-state index contributed by atoms with van der Waals surface area (Å²) in [5.41, 5.74) is 0.910. The van der Waals surface area contributed by atoms with Crippen LogP contribution in [0.15, 0.2) is 10.8 Å². The van der Waals surface area contributed by atoms with Crippen LogP contribution in [-0.2, 0) is 0 Å². The summed E-state index contributed by atoms with van der Waals surface area (Å²) < 4.78 is 6.20. The molecule has 76 valence electrons. The van der Waals surface area contributed by atoms with Gasteiger partial charge in [-0.2, -0.15) is 4.73 Å². The summed E-state index contributed by atoms with van der Waals surface area (Å²) in [5.74, 6) is 0.381. The van der Waals surface area contributed by atoms with Gasteiger partial charge < -0.3 is 25.5 Å². The molecule has 0 saturated carbocycles. The summed E-state index contributed by atoms with van der Waals surface area (Å²) in [6.45, 7) is 0. The van der Waals surface area contributed by atoms with Gasteiger partial charge in [0.1, 0.15) is 0 Å². The van der Waals surface area contributed by atoms with Crippen LogP contribution in [0.3, 0.4) is 0 Å². The van der Waals surface area contributed by atoms with Crippen molar-refractivity contribution in [2.45, 2.75) is 0 Å². The summed E-state index contributed by atoms with van der Waals surface area (Å²) in [5, 5.41) is 26.4. The van der Waals surface area contributed by atoms with Gasteiger partial charge in [0.25, 0.3) is 17.8 Å². The van der Waals surface area contributed by atoms with Crippen molar-refractivity contribution in [2.75, 3.05) is 24.7 Å². The first kappa shape index (κ1) is 8.54. The number of hydrogen-bond donors (Lipinski definition) is 3. The fraction of sp³-hybridized carbons (Fsp3) is 0.286. The van der Waals surface area contributed by atoms with Crippen molar-refractivity contribution in [3.8, 4) is 0 Å². The van der Waals surface area contributed by atoms with E-state index >= 15 is 0 Å². The average molecular weight is 198 g/mol. The van der Waals surface area contributed by atoms with Gasteiger partial charge in [-0.15, -0.1) is 0 Å². The lowest BCUT2D eigenvalue weighted by Gasteiger charge is -1.99. The summed E-state index contributed by atoms with van der Waals surface area (Å²) in [6.07, 6.45) is 0.984. The van der Waals surface area contributed by atoms with E-state index in [2.05, 4.69) is 10.6 Å². The maximum atomic E-state index is 11.2. The third-order valence-electron chi connectivity index (χ3n) is 2.04. The Hall–Kier alpha value is -2.05. The van der Waals surface area contributed by atoms with E-state index in [-0.39, 0.29) is 5.65 Å². The van der Waals surface area contributed by atoms with Crippen molar-refractivity contribution in [1.29, 1.82) is 0 Å². The molecule has 0 bridgehead atoms. The second-order valence-electron chi connectivity index (χ2n) is 2.74. The minimum atomic E-state index is 0.0544. The predicted octanol–water partition coefficient (Wildman–Crippen LogP) is 0.188. The standard InChI is InChI=1S/C7H10N4O3/c1-8-4-5-7(10(12)3-14-5)11(13)6(4)9-2/h3,8-9,13H,1-2H3. The lowest BCUT2D eigenvalue weighted by atomic mass is 10.4. The molecule has 0 aliphatic carbocycles. The number of rotatable bonds is 2. The first-order valence-electron chi connectivity index (χ1n) is 4.00. The molecule has 2 rings (SSSR count). The number of fused-ring (bicyclic) bond motifs is 1. The van der Waals surface area contributed by atoms with Crippen LogP contribution in [0.5, 0.6) is 0 Å². The molecule has 0 aliphatic heterocycles. The minimum absolute atomic E-state index is 0.0544. The molecule has 7 nitrogen and oxygen atoms in total. The van der Waals surface area contributed by atoms with Crippen molar-refractivity contribution in [3.63, 3.8) is 0 Å². The summed E-state index contributed by atoms with van der Waals surface area (Å²) >= 11 is 0. The van der Waals surface area contributed by atoms with E-state index in [1.807, 2.05) is 0 Å². The molecule has 2 aromatic rings. The van der Waals surface area contributed by atoms with E-state index in [9.17, 15) is 10.4 Å². The van der Waals surface area contributed by atoms with E-state index in [0.29, 0.717) is 21.8 Å². The van der Waals surface area contributed by atoms with Crippen LogP contribution in [0.25, 0.3) is 11.2 Å². The fourth-order valence-electron chi connectivity index (χ4n) is 1.45. The molecule has 0 unspecified atom stereocenters. The molecule has 3 N–H and O–H groups in total. The Morgan fingerprint density at radius 3 is 2.79 bits per heavy atom. The van der Waals surface area contributed by atoms with Crippen LogP contribution in [0.1, 0.15) is 0 Å². The Balaban J connectivity index is 2.85.